The number of fused-ring (bicyclic) bond motifs is 1. The van der Waals surface area contributed by atoms with Gasteiger partial charge in [-0.1, -0.05) is 24.3 Å². The lowest BCUT2D eigenvalue weighted by Crippen LogP contribution is -2.37. The van der Waals surface area contributed by atoms with E-state index in [1.54, 1.807) is 0 Å². The Balaban J connectivity index is 1.62. The molecular formula is C15H19NO2. The van der Waals surface area contributed by atoms with Gasteiger partial charge in [-0.2, -0.15) is 0 Å². The van der Waals surface area contributed by atoms with Gasteiger partial charge >= 0.3 is 0 Å². The molecule has 0 N–H and O–H groups in total. The number of rotatable bonds is 2. The van der Waals surface area contributed by atoms with Crippen LogP contribution >= 0.6 is 0 Å². The lowest BCUT2D eigenvalue weighted by Gasteiger charge is -2.29. The zero-order chi connectivity index (χ0) is 12.4. The first-order valence-corrected chi connectivity index (χ1v) is 6.79. The fraction of sp³-hybridized carbons (Fsp3) is 0.533. The van der Waals surface area contributed by atoms with Crippen molar-refractivity contribution in [2.45, 2.75) is 38.3 Å². The van der Waals surface area contributed by atoms with E-state index in [2.05, 4.69) is 18.2 Å². The average molecular weight is 245 g/mol. The van der Waals surface area contributed by atoms with E-state index in [1.165, 1.54) is 11.1 Å². The molecule has 3 nitrogen and oxygen atoms in total. The van der Waals surface area contributed by atoms with Crippen molar-refractivity contribution in [1.29, 1.82) is 0 Å². The van der Waals surface area contributed by atoms with Gasteiger partial charge in [-0.3, -0.25) is 4.79 Å². The van der Waals surface area contributed by atoms with E-state index in [0.717, 1.165) is 39.0 Å². The molecule has 0 spiro atoms. The molecule has 1 aromatic rings. The lowest BCUT2D eigenvalue weighted by atomic mass is 9.99. The minimum Gasteiger partial charge on any atom is -0.378 e. The largest absolute Gasteiger partial charge is 0.378 e. The van der Waals surface area contributed by atoms with Gasteiger partial charge < -0.3 is 9.64 Å². The molecule has 0 bridgehead atoms. The van der Waals surface area contributed by atoms with Crippen LogP contribution in [0.25, 0.3) is 0 Å². The van der Waals surface area contributed by atoms with Gasteiger partial charge in [0.2, 0.25) is 5.91 Å². The van der Waals surface area contributed by atoms with E-state index in [1.807, 2.05) is 11.0 Å². The van der Waals surface area contributed by atoms with Crippen LogP contribution in [0, 0.1) is 0 Å². The van der Waals surface area contributed by atoms with Crippen LogP contribution in [0.4, 0.5) is 0 Å². The smallest absolute Gasteiger partial charge is 0.225 e. The van der Waals surface area contributed by atoms with E-state index >= 15 is 0 Å². The summed E-state index contributed by atoms with van der Waals surface area (Å²) in [5.74, 6) is 0.247. The third-order valence-electron chi connectivity index (χ3n) is 3.91. The first-order chi connectivity index (χ1) is 8.83. The van der Waals surface area contributed by atoms with Crippen molar-refractivity contribution >= 4 is 5.91 Å². The van der Waals surface area contributed by atoms with Crippen LogP contribution in [0.1, 0.15) is 30.4 Å². The highest BCUT2D eigenvalue weighted by Gasteiger charge is 2.25. The minimum atomic E-state index is 0.162. The Labute approximate surface area is 108 Å². The summed E-state index contributed by atoms with van der Waals surface area (Å²) in [5.41, 5.74) is 2.68. The quantitative estimate of drug-likeness (QED) is 0.799. The normalized spacial score (nSPS) is 22.9. The molecule has 1 fully saturated rings. The van der Waals surface area contributed by atoms with Crippen molar-refractivity contribution in [1.82, 2.24) is 4.90 Å². The van der Waals surface area contributed by atoms with Crippen LogP contribution in [0.3, 0.4) is 0 Å². The molecule has 0 aromatic heterocycles. The molecule has 0 saturated carbocycles. The molecule has 1 saturated heterocycles. The highest BCUT2D eigenvalue weighted by Crippen LogP contribution is 2.21. The molecule has 2 aliphatic rings. The van der Waals surface area contributed by atoms with Crippen molar-refractivity contribution < 1.29 is 9.53 Å². The SMILES string of the molecule is O=C(CC1CCCO1)N1CCc2ccccc2C1. The molecule has 3 rings (SSSR count). The van der Waals surface area contributed by atoms with Gasteiger partial charge in [0.15, 0.2) is 0 Å². The fourth-order valence-electron chi connectivity index (χ4n) is 2.84. The van der Waals surface area contributed by atoms with Crippen LogP contribution in [-0.2, 0) is 22.5 Å². The third-order valence-corrected chi connectivity index (χ3v) is 3.91. The second kappa shape index (κ2) is 5.11. The summed E-state index contributed by atoms with van der Waals surface area (Å²) in [4.78, 5) is 14.2. The molecule has 1 unspecified atom stereocenters. The van der Waals surface area contributed by atoms with Gasteiger partial charge in [-0.25, -0.2) is 0 Å². The number of carbonyl (C=O) groups is 1. The van der Waals surface area contributed by atoms with Crippen LogP contribution < -0.4 is 0 Å². The molecular weight excluding hydrogens is 226 g/mol. The summed E-state index contributed by atoms with van der Waals surface area (Å²) in [6.07, 6.45) is 3.83. The summed E-state index contributed by atoms with van der Waals surface area (Å²) in [6, 6.07) is 8.41. The number of hydrogen-bond acceptors (Lipinski definition) is 2. The molecule has 2 aliphatic heterocycles. The number of amides is 1. The van der Waals surface area contributed by atoms with Crippen LogP contribution in [0.15, 0.2) is 24.3 Å². The number of benzene rings is 1. The highest BCUT2D eigenvalue weighted by atomic mass is 16.5. The van der Waals surface area contributed by atoms with Crippen LogP contribution in [-0.4, -0.2) is 30.1 Å². The summed E-state index contributed by atoms with van der Waals surface area (Å²) >= 11 is 0. The van der Waals surface area contributed by atoms with Gasteiger partial charge in [-0.15, -0.1) is 0 Å². The Hall–Kier alpha value is -1.35. The molecule has 0 aliphatic carbocycles. The Morgan fingerprint density at radius 3 is 2.94 bits per heavy atom. The second-order valence-corrected chi connectivity index (χ2v) is 5.17. The molecule has 1 aromatic carbocycles. The average Bonchev–Trinajstić information content (AvgIpc) is 2.91. The van der Waals surface area contributed by atoms with Gasteiger partial charge in [0.1, 0.15) is 0 Å². The monoisotopic (exact) mass is 245 g/mol. The summed E-state index contributed by atoms with van der Waals surface area (Å²) in [5, 5.41) is 0. The lowest BCUT2D eigenvalue weighted by molar-refractivity contribution is -0.134. The minimum absolute atomic E-state index is 0.162. The van der Waals surface area contributed by atoms with E-state index in [-0.39, 0.29) is 12.0 Å². The molecule has 1 amide bonds. The molecule has 18 heavy (non-hydrogen) atoms. The molecule has 0 radical (unpaired) electrons. The van der Waals surface area contributed by atoms with E-state index in [4.69, 9.17) is 4.74 Å². The predicted octanol–water partition coefficient (Wildman–Crippen LogP) is 2.14. The maximum atomic E-state index is 12.2. The van der Waals surface area contributed by atoms with Gasteiger partial charge in [-0.05, 0) is 30.4 Å². The maximum Gasteiger partial charge on any atom is 0.225 e. The van der Waals surface area contributed by atoms with Crippen LogP contribution in [0.2, 0.25) is 0 Å². The highest BCUT2D eigenvalue weighted by molar-refractivity contribution is 5.77. The molecule has 1 atom stereocenters. The number of hydrogen-bond donors (Lipinski definition) is 0. The Kier molecular flexibility index (Phi) is 3.33. The maximum absolute atomic E-state index is 12.2. The number of ether oxygens (including phenoxy) is 1. The van der Waals surface area contributed by atoms with Crippen molar-refractivity contribution in [3.63, 3.8) is 0 Å². The van der Waals surface area contributed by atoms with Crippen molar-refractivity contribution in [3.05, 3.63) is 35.4 Å². The van der Waals surface area contributed by atoms with E-state index < -0.39 is 0 Å². The molecule has 2 heterocycles. The topological polar surface area (TPSA) is 29.5 Å². The zero-order valence-corrected chi connectivity index (χ0v) is 10.6. The summed E-state index contributed by atoms with van der Waals surface area (Å²) < 4.78 is 5.54. The summed E-state index contributed by atoms with van der Waals surface area (Å²) in [6.45, 7) is 2.44. The van der Waals surface area contributed by atoms with Gasteiger partial charge in [0.05, 0.1) is 12.5 Å². The van der Waals surface area contributed by atoms with E-state index in [9.17, 15) is 4.79 Å². The Bertz CT molecular complexity index is 438. The Morgan fingerprint density at radius 2 is 2.17 bits per heavy atom. The molecule has 3 heteroatoms. The van der Waals surface area contributed by atoms with Gasteiger partial charge in [0.25, 0.3) is 0 Å². The standard InChI is InChI=1S/C15H19NO2/c17-15(10-14-6-3-9-18-14)16-8-7-12-4-1-2-5-13(12)11-16/h1-2,4-5,14H,3,6-11H2. The number of nitrogens with zero attached hydrogens (tertiary/aromatic N) is 1. The predicted molar refractivity (Wildman–Crippen MR) is 69.2 cm³/mol. The summed E-state index contributed by atoms with van der Waals surface area (Å²) in [7, 11) is 0. The second-order valence-electron chi connectivity index (χ2n) is 5.17. The zero-order valence-electron chi connectivity index (χ0n) is 10.6. The van der Waals surface area contributed by atoms with Crippen LogP contribution in [0.5, 0.6) is 0 Å². The number of carbonyl (C=O) groups excluding carboxylic acids is 1. The molecule has 96 valence electrons. The fourth-order valence-corrected chi connectivity index (χ4v) is 2.84. The first kappa shape index (κ1) is 11.7. The van der Waals surface area contributed by atoms with Crippen molar-refractivity contribution in [3.8, 4) is 0 Å². The Morgan fingerprint density at radius 1 is 1.33 bits per heavy atom. The van der Waals surface area contributed by atoms with Crippen molar-refractivity contribution in [2.24, 2.45) is 0 Å². The van der Waals surface area contributed by atoms with E-state index in [0.29, 0.717) is 6.42 Å². The van der Waals surface area contributed by atoms with Gasteiger partial charge in [0, 0.05) is 19.7 Å². The first-order valence-electron chi connectivity index (χ1n) is 6.79. The third kappa shape index (κ3) is 2.41. The van der Waals surface area contributed by atoms with Crippen molar-refractivity contribution in [2.75, 3.05) is 13.2 Å².